The summed E-state index contributed by atoms with van der Waals surface area (Å²) in [6.07, 6.45) is 3.81. The van der Waals surface area contributed by atoms with E-state index in [1.807, 2.05) is 0 Å². The van der Waals surface area contributed by atoms with Crippen LogP contribution in [0.15, 0.2) is 29.8 Å². The minimum absolute atomic E-state index is 0. The maximum atomic E-state index is 12.8. The molecule has 0 bridgehead atoms. The Morgan fingerprint density at radius 1 is 1.26 bits per heavy atom. The van der Waals surface area contributed by atoms with Crippen LogP contribution in [0, 0.1) is 23.1 Å². The molecule has 7 heteroatoms. The van der Waals surface area contributed by atoms with Crippen molar-refractivity contribution in [2.45, 2.75) is 25.7 Å². The molecule has 145 valence electrons. The van der Waals surface area contributed by atoms with Crippen molar-refractivity contribution in [1.29, 1.82) is 5.26 Å². The second-order valence-corrected chi connectivity index (χ2v) is 6.62. The van der Waals surface area contributed by atoms with Gasteiger partial charge in [-0.15, -0.1) is 13.1 Å². The van der Waals surface area contributed by atoms with Crippen molar-refractivity contribution < 1.29 is 47.0 Å². The van der Waals surface area contributed by atoms with Crippen LogP contribution in [0.1, 0.15) is 31.2 Å². The number of nitrogens with zero attached hydrogens (tertiary/aromatic N) is 3. The van der Waals surface area contributed by atoms with E-state index in [1.165, 1.54) is 30.0 Å². The number of nitriles is 1. The van der Waals surface area contributed by atoms with E-state index in [9.17, 15) is 14.9 Å². The van der Waals surface area contributed by atoms with E-state index in [2.05, 4.69) is 11.4 Å². The summed E-state index contributed by atoms with van der Waals surface area (Å²) >= 11 is 0. The summed E-state index contributed by atoms with van der Waals surface area (Å²) < 4.78 is 17.8. The Morgan fingerprint density at radius 3 is 2.37 bits per heavy atom. The van der Waals surface area contributed by atoms with Gasteiger partial charge in [-0.3, -0.25) is 0 Å². The van der Waals surface area contributed by atoms with Crippen LogP contribution in [0.4, 0.5) is 4.39 Å². The monoisotopic (exact) mass is 449 g/mol. The molecular weight excluding hydrogens is 422 g/mol. The van der Waals surface area contributed by atoms with E-state index >= 15 is 0 Å². The number of methoxy groups -OCH3 is 1. The maximum absolute atomic E-state index is 12.8. The van der Waals surface area contributed by atoms with Crippen LogP contribution in [0.25, 0.3) is 10.9 Å². The first-order valence-electron chi connectivity index (χ1n) is 9.08. The molecule has 0 unspecified atom stereocenters. The van der Waals surface area contributed by atoms with Gasteiger partial charge in [-0.2, -0.15) is 10.3 Å². The second kappa shape index (κ2) is 13.5. The fourth-order valence-corrected chi connectivity index (χ4v) is 3.19. The molecule has 1 radical (unpaired) electrons. The number of halogens is 1. The van der Waals surface area contributed by atoms with Gasteiger partial charge in [-0.1, -0.05) is 25.0 Å². The molecule has 0 aromatic heterocycles. The quantitative estimate of drug-likeness (QED) is 0.709. The maximum Gasteiger partial charge on any atom is 0.123 e. The van der Waals surface area contributed by atoms with Crippen LogP contribution in [-0.4, -0.2) is 50.2 Å². The second-order valence-electron chi connectivity index (χ2n) is 6.62. The van der Waals surface area contributed by atoms with Crippen LogP contribution in [-0.2, 0) is 37.4 Å². The number of hydrogen-bond acceptors (Lipinski definition) is 4. The van der Waals surface area contributed by atoms with Crippen molar-refractivity contribution in [2.24, 2.45) is 5.92 Å². The Kier molecular flexibility index (Phi) is 12.2. The molecule has 3 rings (SSSR count). The zero-order chi connectivity index (χ0) is 18.8. The Bertz CT molecular complexity index is 612. The SMILES string of the molecule is COCC1CC[N-]CC1.N#CC(=C1CCN(O)CC1)c1ccc(F)cc1.[Y]. The fraction of sp³-hybridized carbons (Fsp3) is 0.550. The van der Waals surface area contributed by atoms with Crippen LogP contribution in [0.5, 0.6) is 0 Å². The molecule has 1 aromatic rings. The number of hydroxylamine groups is 2. The smallest absolute Gasteiger partial charge is 0.123 e. The molecule has 2 aliphatic rings. The number of benzene rings is 1. The Hall–Kier alpha value is -0.676. The van der Waals surface area contributed by atoms with Crippen LogP contribution in [0.2, 0.25) is 0 Å². The average Bonchev–Trinajstić information content (AvgIpc) is 2.67. The summed E-state index contributed by atoms with van der Waals surface area (Å²) in [5.74, 6) is 0.480. The molecule has 2 aliphatic heterocycles. The number of allylic oxidation sites excluding steroid dienone is 1. The molecule has 27 heavy (non-hydrogen) atoms. The van der Waals surface area contributed by atoms with Gasteiger partial charge in [0.05, 0.1) is 11.6 Å². The van der Waals surface area contributed by atoms with Gasteiger partial charge in [0.1, 0.15) is 5.82 Å². The fourth-order valence-electron chi connectivity index (χ4n) is 3.19. The van der Waals surface area contributed by atoms with Crippen molar-refractivity contribution in [3.8, 4) is 6.07 Å². The third-order valence-corrected chi connectivity index (χ3v) is 4.73. The van der Waals surface area contributed by atoms with Gasteiger partial charge in [0.15, 0.2) is 0 Å². The minimum atomic E-state index is -0.304. The van der Waals surface area contributed by atoms with E-state index in [-0.39, 0.29) is 38.5 Å². The summed E-state index contributed by atoms with van der Waals surface area (Å²) in [4.78, 5) is 0. The normalized spacial score (nSPS) is 17.9. The van der Waals surface area contributed by atoms with Crippen LogP contribution < -0.4 is 0 Å². The first-order valence-corrected chi connectivity index (χ1v) is 9.08. The van der Waals surface area contributed by atoms with Gasteiger partial charge in [0, 0.05) is 59.5 Å². The molecule has 2 fully saturated rings. The van der Waals surface area contributed by atoms with E-state index in [1.54, 1.807) is 19.2 Å². The molecule has 0 atom stereocenters. The van der Waals surface area contributed by atoms with Gasteiger partial charge < -0.3 is 15.3 Å². The van der Waals surface area contributed by atoms with Gasteiger partial charge in [0.25, 0.3) is 0 Å². The summed E-state index contributed by atoms with van der Waals surface area (Å²) in [6, 6.07) is 8.13. The van der Waals surface area contributed by atoms with E-state index in [4.69, 9.17) is 4.74 Å². The summed E-state index contributed by atoms with van der Waals surface area (Å²) in [5.41, 5.74) is 2.39. The molecule has 1 aromatic carbocycles. The van der Waals surface area contributed by atoms with Gasteiger partial charge in [-0.05, 0) is 42.0 Å². The van der Waals surface area contributed by atoms with Gasteiger partial charge >= 0.3 is 0 Å². The van der Waals surface area contributed by atoms with E-state index < -0.39 is 0 Å². The predicted octanol–water partition coefficient (Wildman–Crippen LogP) is 4.00. The topological polar surface area (TPSA) is 70.6 Å². The summed E-state index contributed by atoms with van der Waals surface area (Å²) in [6.45, 7) is 4.11. The van der Waals surface area contributed by atoms with Gasteiger partial charge in [-0.25, -0.2) is 4.39 Å². The summed E-state index contributed by atoms with van der Waals surface area (Å²) in [5, 5.41) is 24.0. The van der Waals surface area contributed by atoms with Crippen molar-refractivity contribution in [2.75, 3.05) is 39.9 Å². The van der Waals surface area contributed by atoms with Crippen molar-refractivity contribution in [1.82, 2.24) is 5.06 Å². The standard InChI is InChI=1S/C13H13FN2O.C7H14NO.Y/c14-12-3-1-10(2-4-12)13(9-15)11-5-7-16(17)8-6-11;1-9-6-7-2-4-8-5-3-7;/h1-4,17H,5-8H2;7H,2-6H2,1H3;/q;-1;. The van der Waals surface area contributed by atoms with Crippen molar-refractivity contribution in [3.63, 3.8) is 0 Å². The Labute approximate surface area is 186 Å². The number of rotatable bonds is 3. The number of ether oxygens (including phenoxy) is 1. The molecule has 0 amide bonds. The molecule has 1 N–H and O–H groups in total. The third-order valence-electron chi connectivity index (χ3n) is 4.73. The van der Waals surface area contributed by atoms with E-state index in [0.717, 1.165) is 36.8 Å². The molecular formula is C20H27FN3O2Y-. The average molecular weight is 449 g/mol. The number of hydrogen-bond donors (Lipinski definition) is 1. The van der Waals surface area contributed by atoms with E-state index in [0.29, 0.717) is 31.5 Å². The summed E-state index contributed by atoms with van der Waals surface area (Å²) in [7, 11) is 1.77. The van der Waals surface area contributed by atoms with Crippen molar-refractivity contribution in [3.05, 3.63) is 46.5 Å². The predicted molar refractivity (Wildman–Crippen MR) is 99.2 cm³/mol. The van der Waals surface area contributed by atoms with Gasteiger partial charge in [0.2, 0.25) is 0 Å². The molecule has 0 saturated carbocycles. The first kappa shape index (κ1) is 24.4. The zero-order valence-corrected chi connectivity index (χ0v) is 18.7. The largest absolute Gasteiger partial charge is 0.662 e. The molecule has 0 aliphatic carbocycles. The molecule has 2 heterocycles. The molecule has 2 saturated heterocycles. The Morgan fingerprint density at radius 2 is 1.85 bits per heavy atom. The van der Waals surface area contributed by atoms with Crippen LogP contribution >= 0.6 is 0 Å². The van der Waals surface area contributed by atoms with Crippen molar-refractivity contribution >= 4 is 5.57 Å². The first-order chi connectivity index (χ1) is 12.6. The number of piperidine rings is 2. The third kappa shape index (κ3) is 8.47. The van der Waals surface area contributed by atoms with Crippen LogP contribution in [0.3, 0.4) is 0 Å². The molecule has 5 nitrogen and oxygen atoms in total. The zero-order valence-electron chi connectivity index (χ0n) is 15.9. The molecule has 0 spiro atoms. The minimum Gasteiger partial charge on any atom is -0.662 e. The Balaban J connectivity index is 0.000000310.